The second kappa shape index (κ2) is 5.47. The Bertz CT molecular complexity index is 703. The smallest absolute Gasteiger partial charge is 0.371 e. The molecule has 8 nitrogen and oxygen atoms in total. The third kappa shape index (κ3) is 3.06. The largest absolute Gasteiger partial charge is 0.475 e. The highest BCUT2D eigenvalue weighted by Gasteiger charge is 2.23. The van der Waals surface area contributed by atoms with E-state index in [4.69, 9.17) is 9.52 Å². The molecule has 0 fully saturated rings. The zero-order valence-electron chi connectivity index (χ0n) is 10.6. The molecule has 9 heteroatoms. The third-order valence-corrected chi connectivity index (χ3v) is 4.16. The molecular formula is C11H13N3O5S. The van der Waals surface area contributed by atoms with Crippen molar-refractivity contribution >= 4 is 16.0 Å². The molecule has 2 N–H and O–H groups in total. The Hall–Kier alpha value is -2.13. The van der Waals surface area contributed by atoms with E-state index < -0.39 is 21.8 Å². The minimum Gasteiger partial charge on any atom is -0.475 e. The summed E-state index contributed by atoms with van der Waals surface area (Å²) < 4.78 is 33.0. The number of rotatable bonds is 6. The van der Waals surface area contributed by atoms with Crippen LogP contribution in [0.25, 0.3) is 0 Å². The number of imidazole rings is 1. The maximum Gasteiger partial charge on any atom is 0.371 e. The summed E-state index contributed by atoms with van der Waals surface area (Å²) in [6, 6.07) is 0.997. The monoisotopic (exact) mass is 299 g/mol. The van der Waals surface area contributed by atoms with Gasteiger partial charge in [0, 0.05) is 31.5 Å². The van der Waals surface area contributed by atoms with Gasteiger partial charge < -0.3 is 14.1 Å². The lowest BCUT2D eigenvalue weighted by molar-refractivity contribution is 0.0661. The first-order chi connectivity index (χ1) is 9.40. The van der Waals surface area contributed by atoms with Crippen molar-refractivity contribution in [3.63, 3.8) is 0 Å². The fourth-order valence-electron chi connectivity index (χ4n) is 1.64. The number of sulfonamides is 1. The van der Waals surface area contributed by atoms with Crippen LogP contribution < -0.4 is 4.72 Å². The molecule has 0 aliphatic heterocycles. The van der Waals surface area contributed by atoms with Gasteiger partial charge in [-0.3, -0.25) is 0 Å². The molecule has 0 bridgehead atoms. The van der Waals surface area contributed by atoms with Crippen molar-refractivity contribution in [2.45, 2.75) is 18.4 Å². The fourth-order valence-corrected chi connectivity index (χ4v) is 2.84. The van der Waals surface area contributed by atoms with Gasteiger partial charge in [-0.25, -0.2) is 22.9 Å². The highest BCUT2D eigenvalue weighted by atomic mass is 32.2. The van der Waals surface area contributed by atoms with Gasteiger partial charge in [-0.1, -0.05) is 0 Å². The van der Waals surface area contributed by atoms with Crippen molar-refractivity contribution in [2.75, 3.05) is 6.54 Å². The Morgan fingerprint density at radius 2 is 2.30 bits per heavy atom. The van der Waals surface area contributed by atoms with Gasteiger partial charge in [-0.05, 0) is 6.92 Å². The summed E-state index contributed by atoms with van der Waals surface area (Å²) in [7, 11) is -3.80. The van der Waals surface area contributed by atoms with E-state index in [9.17, 15) is 13.2 Å². The van der Waals surface area contributed by atoms with Crippen LogP contribution in [0.1, 0.15) is 16.3 Å². The van der Waals surface area contributed by atoms with Crippen LogP contribution in [0.5, 0.6) is 0 Å². The first-order valence-corrected chi connectivity index (χ1v) is 7.17. The first-order valence-electron chi connectivity index (χ1n) is 5.69. The summed E-state index contributed by atoms with van der Waals surface area (Å²) in [5.74, 6) is -1.68. The van der Waals surface area contributed by atoms with E-state index >= 15 is 0 Å². The molecule has 0 amide bonds. The summed E-state index contributed by atoms with van der Waals surface area (Å²) in [5, 5.41) is 8.77. The fraction of sp³-hybridized carbons (Fsp3) is 0.273. The summed E-state index contributed by atoms with van der Waals surface area (Å²) in [6.07, 6.45) is 4.87. The minimum atomic E-state index is -3.80. The van der Waals surface area contributed by atoms with Gasteiger partial charge in [0.15, 0.2) is 0 Å². The van der Waals surface area contributed by atoms with Gasteiger partial charge >= 0.3 is 5.97 Å². The molecule has 0 aliphatic carbocycles. The number of nitrogens with zero attached hydrogens (tertiary/aromatic N) is 2. The van der Waals surface area contributed by atoms with E-state index in [0.29, 0.717) is 6.54 Å². The number of furan rings is 1. The molecule has 0 radical (unpaired) electrons. The first kappa shape index (κ1) is 14.3. The number of carbonyl (C=O) groups is 1. The van der Waals surface area contributed by atoms with Crippen LogP contribution in [0.2, 0.25) is 0 Å². The zero-order valence-corrected chi connectivity index (χ0v) is 11.4. The van der Waals surface area contributed by atoms with Gasteiger partial charge in [0.2, 0.25) is 15.8 Å². The topological polar surface area (TPSA) is 114 Å². The average Bonchev–Trinajstić information content (AvgIpc) is 2.98. The van der Waals surface area contributed by atoms with Crippen LogP contribution in [-0.4, -0.2) is 35.6 Å². The van der Waals surface area contributed by atoms with Gasteiger partial charge in [0.05, 0.1) is 6.33 Å². The highest BCUT2D eigenvalue weighted by molar-refractivity contribution is 7.89. The van der Waals surface area contributed by atoms with E-state index in [0.717, 1.165) is 6.07 Å². The second-order valence-corrected chi connectivity index (χ2v) is 5.77. The van der Waals surface area contributed by atoms with E-state index in [1.54, 1.807) is 23.3 Å². The quantitative estimate of drug-likeness (QED) is 0.801. The Kier molecular flexibility index (Phi) is 3.91. The van der Waals surface area contributed by atoms with Crippen molar-refractivity contribution in [2.24, 2.45) is 0 Å². The normalized spacial score (nSPS) is 11.7. The van der Waals surface area contributed by atoms with Crippen LogP contribution in [0.15, 0.2) is 34.1 Å². The lowest BCUT2D eigenvalue weighted by Crippen LogP contribution is -2.27. The van der Waals surface area contributed by atoms with Crippen molar-refractivity contribution < 1.29 is 22.7 Å². The number of aryl methyl sites for hydroxylation is 1. The zero-order chi connectivity index (χ0) is 14.8. The summed E-state index contributed by atoms with van der Waals surface area (Å²) in [6.45, 7) is 1.98. The summed E-state index contributed by atoms with van der Waals surface area (Å²) >= 11 is 0. The molecule has 0 unspecified atom stereocenters. The predicted molar refractivity (Wildman–Crippen MR) is 67.8 cm³/mol. The van der Waals surface area contributed by atoms with Crippen molar-refractivity contribution in [1.82, 2.24) is 14.3 Å². The molecule has 2 rings (SSSR count). The molecule has 20 heavy (non-hydrogen) atoms. The second-order valence-electron chi connectivity index (χ2n) is 4.03. The number of aromatic carboxylic acids is 1. The van der Waals surface area contributed by atoms with Crippen LogP contribution in [0.4, 0.5) is 0 Å². The van der Waals surface area contributed by atoms with Crippen LogP contribution in [0.3, 0.4) is 0 Å². The van der Waals surface area contributed by atoms with Gasteiger partial charge in [0.25, 0.3) is 0 Å². The molecule has 0 saturated carbocycles. The average molecular weight is 299 g/mol. The highest BCUT2D eigenvalue weighted by Crippen LogP contribution is 2.19. The van der Waals surface area contributed by atoms with Crippen molar-refractivity contribution in [3.05, 3.63) is 36.3 Å². The molecule has 0 aliphatic rings. The summed E-state index contributed by atoms with van der Waals surface area (Å²) in [4.78, 5) is 14.4. The maximum atomic E-state index is 12.0. The molecule has 0 aromatic carbocycles. The van der Waals surface area contributed by atoms with Crippen LogP contribution >= 0.6 is 0 Å². The summed E-state index contributed by atoms with van der Waals surface area (Å²) in [5.41, 5.74) is 0. The molecule has 0 spiro atoms. The Labute approximate surface area is 115 Å². The molecule has 2 aromatic heterocycles. The number of nitrogens with one attached hydrogen (secondary N) is 1. The number of hydrogen-bond donors (Lipinski definition) is 2. The Balaban J connectivity index is 2.08. The number of carboxylic acid groups (broad SMARTS) is 1. The predicted octanol–water partition coefficient (Wildman–Crippen LogP) is 0.461. The molecule has 0 atom stereocenters. The standard InChI is InChI=1S/C11H13N3O5S/c1-8-10(6-9(19-8)11(15)16)20(17,18)13-3-5-14-4-2-12-7-14/h2,4,6-7,13H,3,5H2,1H3,(H,15,16). The van der Waals surface area contributed by atoms with E-state index in [-0.39, 0.29) is 17.2 Å². The van der Waals surface area contributed by atoms with Crippen LogP contribution in [0, 0.1) is 6.92 Å². The van der Waals surface area contributed by atoms with Gasteiger partial charge in [-0.2, -0.15) is 0 Å². The van der Waals surface area contributed by atoms with Crippen molar-refractivity contribution in [3.8, 4) is 0 Å². The van der Waals surface area contributed by atoms with E-state index in [1.807, 2.05) is 0 Å². The molecule has 2 heterocycles. The lowest BCUT2D eigenvalue weighted by atomic mass is 10.4. The number of hydrogen-bond acceptors (Lipinski definition) is 5. The molecular weight excluding hydrogens is 286 g/mol. The minimum absolute atomic E-state index is 0.0394. The molecule has 108 valence electrons. The van der Waals surface area contributed by atoms with Crippen LogP contribution in [-0.2, 0) is 16.6 Å². The van der Waals surface area contributed by atoms with Gasteiger partial charge in [0.1, 0.15) is 10.7 Å². The Morgan fingerprint density at radius 1 is 1.55 bits per heavy atom. The molecule has 2 aromatic rings. The van der Waals surface area contributed by atoms with Crippen molar-refractivity contribution in [1.29, 1.82) is 0 Å². The number of carboxylic acids is 1. The van der Waals surface area contributed by atoms with Gasteiger partial charge in [-0.15, -0.1) is 0 Å². The van der Waals surface area contributed by atoms with E-state index in [2.05, 4.69) is 9.71 Å². The molecule has 0 saturated heterocycles. The maximum absolute atomic E-state index is 12.0. The SMILES string of the molecule is Cc1oc(C(=O)O)cc1S(=O)(=O)NCCn1ccnc1. The number of aromatic nitrogens is 2. The Morgan fingerprint density at radius 3 is 2.85 bits per heavy atom. The third-order valence-electron chi connectivity index (χ3n) is 2.59. The lowest BCUT2D eigenvalue weighted by Gasteiger charge is -2.05. The van der Waals surface area contributed by atoms with E-state index in [1.165, 1.54) is 6.92 Å².